The van der Waals surface area contributed by atoms with Crippen LogP contribution in [0.2, 0.25) is 0 Å². The van der Waals surface area contributed by atoms with Crippen LogP contribution in [0.15, 0.2) is 23.8 Å². The zero-order valence-corrected chi connectivity index (χ0v) is 12.4. The van der Waals surface area contributed by atoms with E-state index in [0.717, 1.165) is 40.6 Å². The summed E-state index contributed by atoms with van der Waals surface area (Å²) in [5.41, 5.74) is 0. The lowest BCUT2D eigenvalue weighted by atomic mass is 10.3. The van der Waals surface area contributed by atoms with Crippen molar-refractivity contribution >= 4 is 27.4 Å². The summed E-state index contributed by atoms with van der Waals surface area (Å²) in [6, 6.07) is 2.06. The fourth-order valence-electron chi connectivity index (χ4n) is 2.21. The van der Waals surface area contributed by atoms with E-state index in [1.165, 1.54) is 0 Å². The minimum Gasteiger partial charge on any atom is -0.362 e. The molecule has 3 heterocycles. The van der Waals surface area contributed by atoms with Crippen molar-refractivity contribution < 1.29 is 0 Å². The first-order valence-corrected chi connectivity index (χ1v) is 7.61. The predicted molar refractivity (Wildman–Crippen MR) is 82.0 cm³/mol. The van der Waals surface area contributed by atoms with Crippen LogP contribution in [0.1, 0.15) is 25.0 Å². The Labute approximate surface area is 121 Å². The summed E-state index contributed by atoms with van der Waals surface area (Å²) in [6.07, 6.45) is 4.97. The standard InChI is InChI=1S/C14H17N5S/c1-3-6-19-7-5-15-12(19)9-16-13-11-4-8-20-14(11)18-10(2)17-13/h4-5,7-8H,3,6,9H2,1-2H3,(H,16,17,18). The predicted octanol–water partition coefficient (Wildman–Crippen LogP) is 3.22. The van der Waals surface area contributed by atoms with E-state index in [0.29, 0.717) is 6.54 Å². The molecule has 0 fully saturated rings. The number of fused-ring (bicyclic) bond motifs is 1. The highest BCUT2D eigenvalue weighted by atomic mass is 32.1. The lowest BCUT2D eigenvalue weighted by molar-refractivity contribution is 0.644. The Bertz CT molecular complexity index is 715. The Hall–Kier alpha value is -1.95. The lowest BCUT2D eigenvalue weighted by Gasteiger charge is -2.09. The van der Waals surface area contributed by atoms with Crippen LogP contribution in [-0.4, -0.2) is 19.5 Å². The average molecular weight is 287 g/mol. The molecular weight excluding hydrogens is 270 g/mol. The number of imidazole rings is 1. The van der Waals surface area contributed by atoms with Gasteiger partial charge in [0.1, 0.15) is 22.3 Å². The van der Waals surface area contributed by atoms with E-state index in [2.05, 4.69) is 37.8 Å². The van der Waals surface area contributed by atoms with Gasteiger partial charge in [-0.2, -0.15) is 0 Å². The van der Waals surface area contributed by atoms with Gasteiger partial charge in [0.2, 0.25) is 0 Å². The van der Waals surface area contributed by atoms with Gasteiger partial charge < -0.3 is 9.88 Å². The van der Waals surface area contributed by atoms with Gasteiger partial charge in [0, 0.05) is 18.9 Å². The highest BCUT2D eigenvalue weighted by Gasteiger charge is 2.08. The number of nitrogens with zero attached hydrogens (tertiary/aromatic N) is 4. The molecule has 0 amide bonds. The zero-order valence-electron chi connectivity index (χ0n) is 11.6. The second-order valence-corrected chi connectivity index (χ2v) is 5.54. The third kappa shape index (κ3) is 2.51. The first-order chi connectivity index (χ1) is 9.78. The van der Waals surface area contributed by atoms with Crippen LogP contribution in [-0.2, 0) is 13.1 Å². The summed E-state index contributed by atoms with van der Waals surface area (Å²) in [6.45, 7) is 5.75. The monoisotopic (exact) mass is 287 g/mol. The minimum absolute atomic E-state index is 0.675. The van der Waals surface area contributed by atoms with Gasteiger partial charge in [-0.05, 0) is 24.8 Å². The lowest BCUT2D eigenvalue weighted by Crippen LogP contribution is -2.09. The number of hydrogen-bond donors (Lipinski definition) is 1. The molecule has 0 atom stereocenters. The highest BCUT2D eigenvalue weighted by molar-refractivity contribution is 7.16. The van der Waals surface area contributed by atoms with Crippen molar-refractivity contribution in [1.82, 2.24) is 19.5 Å². The van der Waals surface area contributed by atoms with Crippen molar-refractivity contribution in [2.24, 2.45) is 0 Å². The summed E-state index contributed by atoms with van der Waals surface area (Å²) in [7, 11) is 0. The van der Waals surface area contributed by atoms with E-state index in [-0.39, 0.29) is 0 Å². The second-order valence-electron chi connectivity index (χ2n) is 4.65. The molecule has 0 aliphatic carbocycles. The van der Waals surface area contributed by atoms with E-state index in [1.54, 1.807) is 11.3 Å². The fraction of sp³-hybridized carbons (Fsp3) is 0.357. The van der Waals surface area contributed by atoms with Gasteiger partial charge in [-0.15, -0.1) is 11.3 Å². The summed E-state index contributed by atoms with van der Waals surface area (Å²) < 4.78 is 2.17. The zero-order chi connectivity index (χ0) is 13.9. The topological polar surface area (TPSA) is 55.6 Å². The van der Waals surface area contributed by atoms with Crippen molar-refractivity contribution in [1.29, 1.82) is 0 Å². The van der Waals surface area contributed by atoms with Gasteiger partial charge in [-0.3, -0.25) is 0 Å². The summed E-state index contributed by atoms with van der Waals surface area (Å²) in [4.78, 5) is 14.4. The molecule has 6 heteroatoms. The van der Waals surface area contributed by atoms with Gasteiger partial charge in [-0.1, -0.05) is 6.92 Å². The molecule has 3 aromatic rings. The van der Waals surface area contributed by atoms with Crippen LogP contribution in [0.4, 0.5) is 5.82 Å². The molecule has 0 aliphatic heterocycles. The number of anilines is 1. The summed E-state index contributed by atoms with van der Waals surface area (Å²) >= 11 is 1.64. The molecule has 1 N–H and O–H groups in total. The van der Waals surface area contributed by atoms with Crippen LogP contribution in [0, 0.1) is 6.92 Å². The maximum absolute atomic E-state index is 4.50. The second kappa shape index (κ2) is 5.58. The molecule has 0 unspecified atom stereocenters. The molecule has 0 spiro atoms. The molecule has 20 heavy (non-hydrogen) atoms. The molecule has 3 aromatic heterocycles. The van der Waals surface area contributed by atoms with Gasteiger partial charge in [0.05, 0.1) is 11.9 Å². The Morgan fingerprint density at radius 2 is 2.25 bits per heavy atom. The summed E-state index contributed by atoms with van der Waals surface area (Å²) in [5.74, 6) is 2.71. The number of hydrogen-bond acceptors (Lipinski definition) is 5. The van der Waals surface area contributed by atoms with Crippen LogP contribution in [0.25, 0.3) is 10.2 Å². The molecule has 0 aliphatic rings. The Balaban J connectivity index is 1.83. The highest BCUT2D eigenvalue weighted by Crippen LogP contribution is 2.25. The van der Waals surface area contributed by atoms with E-state index >= 15 is 0 Å². The van der Waals surface area contributed by atoms with Crippen molar-refractivity contribution in [2.75, 3.05) is 5.32 Å². The van der Waals surface area contributed by atoms with E-state index in [9.17, 15) is 0 Å². The molecule has 0 radical (unpaired) electrons. The maximum atomic E-state index is 4.50. The van der Waals surface area contributed by atoms with Crippen molar-refractivity contribution in [3.05, 3.63) is 35.5 Å². The minimum atomic E-state index is 0.675. The number of aryl methyl sites for hydroxylation is 2. The largest absolute Gasteiger partial charge is 0.362 e. The molecule has 0 saturated heterocycles. The Kier molecular flexibility index (Phi) is 3.64. The molecule has 0 saturated carbocycles. The number of rotatable bonds is 5. The van der Waals surface area contributed by atoms with Gasteiger partial charge in [0.15, 0.2) is 0 Å². The van der Waals surface area contributed by atoms with E-state index < -0.39 is 0 Å². The third-order valence-corrected chi connectivity index (χ3v) is 3.92. The van der Waals surface area contributed by atoms with Crippen molar-refractivity contribution in [3.63, 3.8) is 0 Å². The quantitative estimate of drug-likeness (QED) is 0.783. The summed E-state index contributed by atoms with van der Waals surface area (Å²) in [5, 5.41) is 6.51. The van der Waals surface area contributed by atoms with Crippen LogP contribution in [0.5, 0.6) is 0 Å². The molecule has 3 rings (SSSR count). The number of aromatic nitrogens is 4. The molecule has 104 valence electrons. The number of nitrogens with one attached hydrogen (secondary N) is 1. The maximum Gasteiger partial charge on any atom is 0.138 e. The average Bonchev–Trinajstić information content (AvgIpc) is 3.05. The Morgan fingerprint density at radius 1 is 1.35 bits per heavy atom. The first kappa shape index (κ1) is 13.1. The molecule has 0 bridgehead atoms. The SMILES string of the molecule is CCCn1ccnc1CNc1nc(C)nc2sccc12. The third-order valence-electron chi connectivity index (χ3n) is 3.12. The van der Waals surface area contributed by atoms with Crippen molar-refractivity contribution in [2.45, 2.75) is 33.4 Å². The Morgan fingerprint density at radius 3 is 3.10 bits per heavy atom. The van der Waals surface area contributed by atoms with Gasteiger partial charge in [-0.25, -0.2) is 15.0 Å². The van der Waals surface area contributed by atoms with Gasteiger partial charge in [0.25, 0.3) is 0 Å². The molecular formula is C14H17N5S. The van der Waals surface area contributed by atoms with Crippen molar-refractivity contribution in [3.8, 4) is 0 Å². The number of thiophene rings is 1. The van der Waals surface area contributed by atoms with E-state index in [1.807, 2.05) is 24.7 Å². The smallest absolute Gasteiger partial charge is 0.138 e. The van der Waals surface area contributed by atoms with Crippen LogP contribution < -0.4 is 5.32 Å². The van der Waals surface area contributed by atoms with Crippen LogP contribution in [0.3, 0.4) is 0 Å². The molecule has 0 aromatic carbocycles. The van der Waals surface area contributed by atoms with Crippen LogP contribution >= 0.6 is 11.3 Å². The molecule has 5 nitrogen and oxygen atoms in total. The normalized spacial score (nSPS) is 11.1. The fourth-order valence-corrected chi connectivity index (χ4v) is 3.02. The van der Waals surface area contributed by atoms with Gasteiger partial charge >= 0.3 is 0 Å². The van der Waals surface area contributed by atoms with E-state index in [4.69, 9.17) is 0 Å². The first-order valence-electron chi connectivity index (χ1n) is 6.73.